The van der Waals surface area contributed by atoms with Gasteiger partial charge in [-0.25, -0.2) is 4.79 Å². The highest BCUT2D eigenvalue weighted by Crippen LogP contribution is 2.28. The van der Waals surface area contributed by atoms with Crippen molar-refractivity contribution >= 4 is 17.7 Å². The van der Waals surface area contributed by atoms with Gasteiger partial charge in [0.2, 0.25) is 0 Å². The lowest BCUT2D eigenvalue weighted by Crippen LogP contribution is -2.32. The molecule has 0 radical (unpaired) electrons. The van der Waals surface area contributed by atoms with Crippen LogP contribution in [0, 0.1) is 6.92 Å². The van der Waals surface area contributed by atoms with Crippen LogP contribution >= 0.6 is 0 Å². The smallest absolute Gasteiger partial charge is 0.407 e. The number of amides is 2. The minimum absolute atomic E-state index is 0.186. The van der Waals surface area contributed by atoms with E-state index in [0.29, 0.717) is 12.1 Å². The third-order valence-corrected chi connectivity index (χ3v) is 4.61. The number of ether oxygens (including phenoxy) is 1. The fraction of sp³-hybridized carbons (Fsp3) is 0.231. The van der Waals surface area contributed by atoms with Crippen molar-refractivity contribution in [1.82, 2.24) is 5.32 Å². The Kier molecular flexibility index (Phi) is 6.75. The minimum atomic E-state index is -0.565. The zero-order valence-corrected chi connectivity index (χ0v) is 18.4. The van der Waals surface area contributed by atoms with E-state index >= 15 is 0 Å². The van der Waals surface area contributed by atoms with E-state index in [-0.39, 0.29) is 5.91 Å². The normalized spacial score (nSPS) is 11.0. The summed E-state index contributed by atoms with van der Waals surface area (Å²) in [5, 5.41) is 5.76. The van der Waals surface area contributed by atoms with Crippen LogP contribution in [-0.2, 0) is 11.3 Å². The lowest BCUT2D eigenvalue weighted by molar-refractivity contribution is 0.0523. The van der Waals surface area contributed by atoms with Gasteiger partial charge in [0.15, 0.2) is 0 Å². The zero-order chi connectivity index (χ0) is 22.4. The monoisotopic (exact) mass is 416 g/mol. The van der Waals surface area contributed by atoms with Gasteiger partial charge in [-0.1, -0.05) is 60.2 Å². The molecule has 0 bridgehead atoms. The average Bonchev–Trinajstić information content (AvgIpc) is 2.73. The summed E-state index contributed by atoms with van der Waals surface area (Å²) >= 11 is 0. The van der Waals surface area contributed by atoms with Gasteiger partial charge in [-0.15, -0.1) is 0 Å². The molecule has 0 aromatic heterocycles. The molecular formula is C26H28N2O3. The fourth-order valence-electron chi connectivity index (χ4n) is 3.17. The molecule has 0 spiro atoms. The molecule has 0 heterocycles. The van der Waals surface area contributed by atoms with Gasteiger partial charge in [0.05, 0.1) is 0 Å². The molecule has 5 heteroatoms. The highest BCUT2D eigenvalue weighted by molar-refractivity contribution is 6.08. The molecule has 0 atom stereocenters. The van der Waals surface area contributed by atoms with Crippen molar-refractivity contribution in [3.05, 3.63) is 89.5 Å². The Morgan fingerprint density at radius 2 is 1.45 bits per heavy atom. The summed E-state index contributed by atoms with van der Waals surface area (Å²) in [6.45, 7) is 7.76. The van der Waals surface area contributed by atoms with E-state index in [2.05, 4.69) is 10.6 Å². The molecule has 3 aromatic carbocycles. The summed E-state index contributed by atoms with van der Waals surface area (Å²) in [4.78, 5) is 25.1. The first kappa shape index (κ1) is 22.1. The number of carbonyl (C=O) groups excluding carboxylic acids is 2. The van der Waals surface area contributed by atoms with E-state index in [1.54, 1.807) is 6.07 Å². The Morgan fingerprint density at radius 1 is 0.839 bits per heavy atom. The second-order valence-corrected chi connectivity index (χ2v) is 8.38. The van der Waals surface area contributed by atoms with Gasteiger partial charge in [0, 0.05) is 17.8 Å². The molecule has 0 unspecified atom stereocenters. The summed E-state index contributed by atoms with van der Waals surface area (Å²) in [7, 11) is 0. The van der Waals surface area contributed by atoms with Crippen LogP contribution in [0.1, 0.15) is 42.3 Å². The van der Waals surface area contributed by atoms with Crippen molar-refractivity contribution in [3.63, 3.8) is 0 Å². The van der Waals surface area contributed by atoms with E-state index < -0.39 is 11.7 Å². The van der Waals surface area contributed by atoms with Crippen LogP contribution in [-0.4, -0.2) is 17.6 Å². The molecule has 0 fully saturated rings. The number of alkyl carbamates (subject to hydrolysis) is 1. The molecule has 0 aliphatic heterocycles. The van der Waals surface area contributed by atoms with Crippen molar-refractivity contribution in [2.45, 2.75) is 39.8 Å². The maximum Gasteiger partial charge on any atom is 0.407 e. The van der Waals surface area contributed by atoms with Gasteiger partial charge in [-0.2, -0.15) is 0 Å². The van der Waals surface area contributed by atoms with Gasteiger partial charge in [0.25, 0.3) is 5.91 Å². The predicted molar refractivity (Wildman–Crippen MR) is 124 cm³/mol. The Labute approximate surface area is 183 Å². The number of nitrogens with one attached hydrogen (secondary N) is 2. The first-order valence-corrected chi connectivity index (χ1v) is 10.2. The SMILES string of the molecule is Cc1ccc(NC(=O)c2ccccc2-c2ccccc2CNC(=O)OC(C)(C)C)cc1. The number of aryl methyl sites for hydroxylation is 1. The van der Waals surface area contributed by atoms with Gasteiger partial charge >= 0.3 is 6.09 Å². The van der Waals surface area contributed by atoms with E-state index in [0.717, 1.165) is 27.9 Å². The van der Waals surface area contributed by atoms with E-state index in [9.17, 15) is 9.59 Å². The largest absolute Gasteiger partial charge is 0.444 e. The molecule has 31 heavy (non-hydrogen) atoms. The Hall–Kier alpha value is -3.60. The molecule has 5 nitrogen and oxygen atoms in total. The maximum absolute atomic E-state index is 13.0. The van der Waals surface area contributed by atoms with Crippen LogP contribution in [0.3, 0.4) is 0 Å². The number of hydrogen-bond donors (Lipinski definition) is 2. The quantitative estimate of drug-likeness (QED) is 0.541. The Bertz CT molecular complexity index is 1070. The van der Waals surface area contributed by atoms with Crippen molar-refractivity contribution in [1.29, 1.82) is 0 Å². The average molecular weight is 417 g/mol. The summed E-state index contributed by atoms with van der Waals surface area (Å²) in [6, 6.07) is 22.8. The summed E-state index contributed by atoms with van der Waals surface area (Å²) < 4.78 is 5.33. The molecule has 2 amide bonds. The Balaban J connectivity index is 1.84. The molecule has 2 N–H and O–H groups in total. The first-order chi connectivity index (χ1) is 14.7. The Morgan fingerprint density at radius 3 is 2.13 bits per heavy atom. The van der Waals surface area contributed by atoms with E-state index in [1.165, 1.54) is 0 Å². The summed E-state index contributed by atoms with van der Waals surface area (Å²) in [6.07, 6.45) is -0.479. The van der Waals surface area contributed by atoms with Crippen LogP contribution in [0.2, 0.25) is 0 Å². The topological polar surface area (TPSA) is 67.4 Å². The van der Waals surface area contributed by atoms with Crippen molar-refractivity contribution in [2.75, 3.05) is 5.32 Å². The van der Waals surface area contributed by atoms with Gasteiger partial charge < -0.3 is 15.4 Å². The minimum Gasteiger partial charge on any atom is -0.444 e. The van der Waals surface area contributed by atoms with E-state index in [4.69, 9.17) is 4.74 Å². The number of rotatable bonds is 5. The molecule has 0 saturated carbocycles. The highest BCUT2D eigenvalue weighted by Gasteiger charge is 2.18. The molecule has 0 aliphatic rings. The molecule has 0 saturated heterocycles. The number of anilines is 1. The molecular weight excluding hydrogens is 388 g/mol. The molecule has 160 valence electrons. The third kappa shape index (κ3) is 6.19. The van der Waals surface area contributed by atoms with Crippen LogP contribution < -0.4 is 10.6 Å². The van der Waals surface area contributed by atoms with Crippen LogP contribution in [0.25, 0.3) is 11.1 Å². The standard InChI is InChI=1S/C26H28N2O3/c1-18-13-15-20(16-14-18)28-24(29)23-12-8-7-11-22(23)21-10-6-5-9-19(21)17-27-25(30)31-26(2,3)4/h5-16H,17H2,1-4H3,(H,27,30)(H,28,29). The fourth-order valence-corrected chi connectivity index (χ4v) is 3.17. The summed E-state index contributed by atoms with van der Waals surface area (Å²) in [5.74, 6) is -0.186. The van der Waals surface area contributed by atoms with Crippen molar-refractivity contribution < 1.29 is 14.3 Å². The number of carbonyl (C=O) groups is 2. The first-order valence-electron chi connectivity index (χ1n) is 10.2. The second kappa shape index (κ2) is 9.47. The summed E-state index contributed by atoms with van der Waals surface area (Å²) in [5.41, 5.74) is 4.44. The van der Waals surface area contributed by atoms with Crippen molar-refractivity contribution in [3.8, 4) is 11.1 Å². The molecule has 3 rings (SSSR count). The lowest BCUT2D eigenvalue weighted by atomic mass is 9.95. The third-order valence-electron chi connectivity index (χ3n) is 4.61. The van der Waals surface area contributed by atoms with Crippen LogP contribution in [0.4, 0.5) is 10.5 Å². The number of benzene rings is 3. The molecule has 3 aromatic rings. The zero-order valence-electron chi connectivity index (χ0n) is 18.4. The van der Waals surface area contributed by atoms with Gasteiger partial charge in [-0.3, -0.25) is 4.79 Å². The molecule has 0 aliphatic carbocycles. The van der Waals surface area contributed by atoms with Gasteiger partial charge in [-0.05, 0) is 62.6 Å². The second-order valence-electron chi connectivity index (χ2n) is 8.38. The number of hydrogen-bond acceptors (Lipinski definition) is 3. The highest BCUT2D eigenvalue weighted by atomic mass is 16.6. The predicted octanol–water partition coefficient (Wildman–Crippen LogP) is 5.94. The van der Waals surface area contributed by atoms with Crippen molar-refractivity contribution in [2.24, 2.45) is 0 Å². The lowest BCUT2D eigenvalue weighted by Gasteiger charge is -2.20. The van der Waals surface area contributed by atoms with Crippen LogP contribution in [0.5, 0.6) is 0 Å². The van der Waals surface area contributed by atoms with E-state index in [1.807, 2.05) is 94.4 Å². The van der Waals surface area contributed by atoms with Gasteiger partial charge in [0.1, 0.15) is 5.60 Å². The maximum atomic E-state index is 13.0. The van der Waals surface area contributed by atoms with Crippen LogP contribution in [0.15, 0.2) is 72.8 Å².